The van der Waals surface area contributed by atoms with Crippen molar-refractivity contribution in [3.05, 3.63) is 0 Å². The van der Waals surface area contributed by atoms with Crippen LogP contribution in [0.1, 0.15) is 20.3 Å². The highest BCUT2D eigenvalue weighted by Gasteiger charge is 2.64. The maximum atomic E-state index is 13.5. The van der Waals surface area contributed by atoms with Crippen molar-refractivity contribution in [2.24, 2.45) is 0 Å². The van der Waals surface area contributed by atoms with Crippen LogP contribution in [0.25, 0.3) is 0 Å². The molecule has 10 heteroatoms. The van der Waals surface area contributed by atoms with E-state index in [0.717, 1.165) is 0 Å². The molecule has 0 radical (unpaired) electrons. The summed E-state index contributed by atoms with van der Waals surface area (Å²) in [6.45, 7) is 10.3. The Morgan fingerprint density at radius 2 is 0.826 bits per heavy atom. The summed E-state index contributed by atoms with van der Waals surface area (Å²) in [5.41, 5.74) is -5.86. The molecule has 0 fully saturated rings. The summed E-state index contributed by atoms with van der Waals surface area (Å²) in [6, 6.07) is 0. The maximum absolute atomic E-state index is 13.5. The summed E-state index contributed by atoms with van der Waals surface area (Å²) in [6.07, 6.45) is -11.2. The van der Waals surface area contributed by atoms with Gasteiger partial charge in [-0.15, -0.1) is 0 Å². The van der Waals surface area contributed by atoms with Crippen molar-refractivity contribution >= 4 is 16.6 Å². The molecule has 2 nitrogen and oxygen atoms in total. The van der Waals surface area contributed by atoms with Gasteiger partial charge < -0.3 is 8.85 Å². The Kier molecular flexibility index (Phi) is 6.32. The van der Waals surface area contributed by atoms with Crippen LogP contribution in [0.4, 0.5) is 26.3 Å². The van der Waals surface area contributed by atoms with Crippen molar-refractivity contribution < 1.29 is 35.2 Å². The SMILES string of the molecule is CC(CC(C)(O[Si](C)(C)C)C(F)(F)F)(O[Si](C)(C)C)C(F)(F)F. The van der Waals surface area contributed by atoms with E-state index in [2.05, 4.69) is 0 Å². The molecule has 140 valence electrons. The van der Waals surface area contributed by atoms with Crippen LogP contribution < -0.4 is 0 Å². The van der Waals surface area contributed by atoms with E-state index in [0.29, 0.717) is 13.8 Å². The van der Waals surface area contributed by atoms with E-state index in [9.17, 15) is 26.3 Å². The lowest BCUT2D eigenvalue weighted by Crippen LogP contribution is -2.60. The molecule has 0 aliphatic rings. The first-order valence-electron chi connectivity index (χ1n) is 7.16. The van der Waals surface area contributed by atoms with Crippen LogP contribution in [0.15, 0.2) is 0 Å². The fraction of sp³-hybridized carbons (Fsp3) is 1.00. The van der Waals surface area contributed by atoms with Gasteiger partial charge in [0.05, 0.1) is 0 Å². The Labute approximate surface area is 135 Å². The van der Waals surface area contributed by atoms with E-state index in [-0.39, 0.29) is 0 Å². The molecule has 0 aliphatic heterocycles. The number of hydrogen-bond donors (Lipinski definition) is 0. The van der Waals surface area contributed by atoms with Crippen molar-refractivity contribution in [2.75, 3.05) is 0 Å². The lowest BCUT2D eigenvalue weighted by atomic mass is 9.88. The molecule has 23 heavy (non-hydrogen) atoms. The summed E-state index contributed by atoms with van der Waals surface area (Å²) >= 11 is 0. The Bertz CT molecular complexity index is 373. The third-order valence-electron chi connectivity index (χ3n) is 2.94. The molecule has 0 amide bonds. The highest BCUT2D eigenvalue weighted by atomic mass is 28.4. The molecule has 0 saturated carbocycles. The fourth-order valence-corrected chi connectivity index (χ4v) is 5.46. The Morgan fingerprint density at radius 3 is 0.957 bits per heavy atom. The van der Waals surface area contributed by atoms with Crippen molar-refractivity contribution in [1.29, 1.82) is 0 Å². The third kappa shape index (κ3) is 6.75. The average molecular weight is 385 g/mol. The first kappa shape index (κ1) is 22.9. The van der Waals surface area contributed by atoms with Gasteiger partial charge in [0.15, 0.2) is 27.8 Å². The van der Waals surface area contributed by atoms with Gasteiger partial charge in [0.2, 0.25) is 0 Å². The van der Waals surface area contributed by atoms with Crippen molar-refractivity contribution in [3.63, 3.8) is 0 Å². The molecule has 0 aromatic rings. The molecule has 2 unspecified atom stereocenters. The molecular weight excluding hydrogens is 358 g/mol. The van der Waals surface area contributed by atoms with Gasteiger partial charge in [-0.25, -0.2) is 0 Å². The van der Waals surface area contributed by atoms with Gasteiger partial charge in [0.1, 0.15) is 0 Å². The molecule has 2 atom stereocenters. The van der Waals surface area contributed by atoms with Crippen LogP contribution in [0.2, 0.25) is 39.3 Å². The zero-order valence-corrected chi connectivity index (χ0v) is 16.8. The summed E-state index contributed by atoms with van der Waals surface area (Å²) in [7, 11) is -5.50. The van der Waals surface area contributed by atoms with Crippen LogP contribution in [-0.2, 0) is 8.85 Å². The summed E-state index contributed by atoms with van der Waals surface area (Å²) < 4.78 is 91.1. The average Bonchev–Trinajstić information content (AvgIpc) is 2.05. The minimum Gasteiger partial charge on any atom is -0.404 e. The van der Waals surface area contributed by atoms with Gasteiger partial charge in [-0.3, -0.25) is 0 Å². The van der Waals surface area contributed by atoms with Crippen molar-refractivity contribution in [1.82, 2.24) is 0 Å². The quantitative estimate of drug-likeness (QED) is 0.431. The van der Waals surface area contributed by atoms with E-state index in [1.54, 1.807) is 0 Å². The van der Waals surface area contributed by atoms with Gasteiger partial charge >= 0.3 is 12.4 Å². The van der Waals surface area contributed by atoms with Crippen molar-refractivity contribution in [2.45, 2.75) is 83.1 Å². The number of halogens is 6. The number of alkyl halides is 6. The zero-order valence-electron chi connectivity index (χ0n) is 14.8. The standard InChI is InChI=1S/C13H26F6O2Si2/c1-10(12(14,15)16,20-22(3,4)5)9-11(2,13(17,18)19)21-23(6,7)8/h9H2,1-8H3. The van der Waals surface area contributed by atoms with Gasteiger partial charge in [-0.2, -0.15) is 26.3 Å². The molecule has 0 N–H and O–H groups in total. The smallest absolute Gasteiger partial charge is 0.404 e. The van der Waals surface area contributed by atoms with Gasteiger partial charge in [0.25, 0.3) is 0 Å². The molecule has 0 rings (SSSR count). The number of hydrogen-bond acceptors (Lipinski definition) is 2. The van der Waals surface area contributed by atoms with Crippen LogP contribution in [0.5, 0.6) is 0 Å². The highest BCUT2D eigenvalue weighted by molar-refractivity contribution is 6.70. The third-order valence-corrected chi connectivity index (χ3v) is 5.06. The molecule has 0 aliphatic carbocycles. The van der Waals surface area contributed by atoms with Gasteiger partial charge in [0, 0.05) is 6.42 Å². The molecule has 0 aromatic heterocycles. The van der Waals surface area contributed by atoms with E-state index in [4.69, 9.17) is 8.85 Å². The second-order valence-corrected chi connectivity index (χ2v) is 16.9. The second kappa shape index (κ2) is 6.34. The largest absolute Gasteiger partial charge is 0.416 e. The first-order valence-corrected chi connectivity index (χ1v) is 14.0. The molecule has 0 bridgehead atoms. The predicted molar refractivity (Wildman–Crippen MR) is 82.4 cm³/mol. The normalized spacial score (nSPS) is 20.1. The highest BCUT2D eigenvalue weighted by Crippen LogP contribution is 2.48. The molecule has 0 aromatic carbocycles. The van der Waals surface area contributed by atoms with Gasteiger partial charge in [-0.1, -0.05) is 0 Å². The maximum Gasteiger partial charge on any atom is 0.416 e. The Hall–Kier alpha value is -0.0662. The molecule has 0 spiro atoms. The minimum atomic E-state index is -4.94. The van der Waals surface area contributed by atoms with Crippen molar-refractivity contribution in [3.8, 4) is 0 Å². The minimum absolute atomic E-state index is 0.669. The lowest BCUT2D eigenvalue weighted by Gasteiger charge is -2.45. The Morgan fingerprint density at radius 1 is 0.609 bits per heavy atom. The number of rotatable bonds is 6. The van der Waals surface area contributed by atoms with E-state index in [1.165, 1.54) is 39.3 Å². The van der Waals surface area contributed by atoms with Crippen LogP contribution in [-0.4, -0.2) is 40.2 Å². The molecule has 0 saturated heterocycles. The van der Waals surface area contributed by atoms with Gasteiger partial charge in [-0.05, 0) is 53.1 Å². The van der Waals surface area contributed by atoms with Crippen LogP contribution in [0, 0.1) is 0 Å². The summed E-state index contributed by atoms with van der Waals surface area (Å²) in [5.74, 6) is 0. The molecule has 0 heterocycles. The summed E-state index contributed by atoms with van der Waals surface area (Å²) in [4.78, 5) is 0. The van der Waals surface area contributed by atoms with E-state index >= 15 is 0 Å². The molecular formula is C13H26F6O2Si2. The second-order valence-electron chi connectivity index (χ2n) is 8.06. The fourth-order valence-electron chi connectivity index (χ4n) is 2.38. The first-order chi connectivity index (χ1) is 9.62. The monoisotopic (exact) mass is 384 g/mol. The predicted octanol–water partition coefficient (Wildman–Crippen LogP) is 5.72. The van der Waals surface area contributed by atoms with E-state index < -0.39 is 46.6 Å². The van der Waals surface area contributed by atoms with Crippen LogP contribution >= 0.6 is 0 Å². The summed E-state index contributed by atoms with van der Waals surface area (Å²) in [5, 5.41) is 0. The van der Waals surface area contributed by atoms with Crippen LogP contribution in [0.3, 0.4) is 0 Å². The Balaban J connectivity index is 5.91. The van der Waals surface area contributed by atoms with E-state index in [1.807, 2.05) is 0 Å². The zero-order chi connectivity index (χ0) is 19.1. The topological polar surface area (TPSA) is 18.5 Å². The lowest BCUT2D eigenvalue weighted by molar-refractivity contribution is -0.297.